The Hall–Kier alpha value is -2.18. The number of carbonyl (C=O) groups excluding carboxylic acids is 2. The molecule has 1 N–H and O–H groups in total. The third-order valence-electron chi connectivity index (χ3n) is 9.04. The van der Waals surface area contributed by atoms with E-state index in [-0.39, 0.29) is 35.1 Å². The average molecular weight is 453 g/mol. The van der Waals surface area contributed by atoms with Crippen LogP contribution in [0.15, 0.2) is 35.9 Å². The normalized spacial score (nSPS) is 36.6. The van der Waals surface area contributed by atoms with Gasteiger partial charge in [-0.2, -0.15) is 0 Å². The molecule has 6 atom stereocenters. The lowest BCUT2D eigenvalue weighted by atomic mass is 9.55. The van der Waals surface area contributed by atoms with Gasteiger partial charge >= 0.3 is 5.97 Å². The van der Waals surface area contributed by atoms with Gasteiger partial charge in [0.2, 0.25) is 0 Å². The maximum Gasteiger partial charge on any atom is 0.311 e. The van der Waals surface area contributed by atoms with Gasteiger partial charge in [-0.15, -0.1) is 0 Å². The highest BCUT2D eigenvalue weighted by Gasteiger charge is 2.59. The fraction of sp³-hybridized carbons (Fsp3) is 0.630. The molecule has 178 valence electrons. The first-order chi connectivity index (χ1) is 15.8. The highest BCUT2D eigenvalue weighted by molar-refractivity contribution is 5.94. The summed E-state index contributed by atoms with van der Waals surface area (Å²) in [6.45, 7) is 10.2. The van der Waals surface area contributed by atoms with Crippen LogP contribution in [0, 0.1) is 23.2 Å². The summed E-state index contributed by atoms with van der Waals surface area (Å²) in [5.74, 6) is -0.0436. The molecule has 0 amide bonds. The number of aliphatic hydroxyl groups excluding tert-OH is 1. The molecule has 33 heavy (non-hydrogen) atoms. The summed E-state index contributed by atoms with van der Waals surface area (Å²) in [4.78, 5) is 29.1. The molecule has 0 spiro atoms. The predicted octanol–water partition coefficient (Wildman–Crippen LogP) is 3.30. The summed E-state index contributed by atoms with van der Waals surface area (Å²) in [6.07, 6.45) is 4.45. The van der Waals surface area contributed by atoms with E-state index in [1.807, 2.05) is 24.3 Å². The van der Waals surface area contributed by atoms with Crippen molar-refractivity contribution in [2.45, 2.75) is 52.2 Å². The molecule has 6 nitrogen and oxygen atoms in total. The zero-order valence-electron chi connectivity index (χ0n) is 20.0. The molecule has 1 saturated carbocycles. The topological polar surface area (TPSA) is 70.1 Å². The molecule has 2 aliphatic carbocycles. The molecule has 5 rings (SSSR count). The van der Waals surface area contributed by atoms with Gasteiger partial charge in [-0.05, 0) is 49.9 Å². The lowest BCUT2D eigenvalue weighted by Crippen LogP contribution is -2.55. The molecule has 4 aliphatic rings. The van der Waals surface area contributed by atoms with Crippen LogP contribution < -0.4 is 4.90 Å². The number of ketones is 1. The largest absolute Gasteiger partial charge is 0.461 e. The number of piperazine rings is 1. The van der Waals surface area contributed by atoms with Crippen LogP contribution >= 0.6 is 0 Å². The number of Topliss-reactive ketones (excluding diaryl/α,β-unsaturated/α-hetero) is 1. The monoisotopic (exact) mass is 452 g/mol. The molecule has 0 aromatic heterocycles. The van der Waals surface area contributed by atoms with Crippen molar-refractivity contribution in [3.05, 3.63) is 41.5 Å². The van der Waals surface area contributed by atoms with Gasteiger partial charge in [0, 0.05) is 61.7 Å². The summed E-state index contributed by atoms with van der Waals surface area (Å²) in [5.41, 5.74) is 2.89. The molecule has 1 aromatic rings. The van der Waals surface area contributed by atoms with Crippen LogP contribution in [0.3, 0.4) is 0 Å². The number of hydrogen-bond donors (Lipinski definition) is 1. The van der Waals surface area contributed by atoms with Gasteiger partial charge in [0.05, 0.1) is 12.0 Å². The third-order valence-corrected chi connectivity index (χ3v) is 9.04. The minimum absolute atomic E-state index is 0.0807. The second kappa shape index (κ2) is 8.55. The van der Waals surface area contributed by atoms with Crippen molar-refractivity contribution < 1.29 is 19.4 Å². The van der Waals surface area contributed by atoms with Crippen LogP contribution in [0.5, 0.6) is 0 Å². The van der Waals surface area contributed by atoms with Crippen molar-refractivity contribution in [2.75, 3.05) is 37.6 Å². The Morgan fingerprint density at radius 1 is 1.18 bits per heavy atom. The lowest BCUT2D eigenvalue weighted by Gasteiger charge is -2.52. The van der Waals surface area contributed by atoms with Crippen LogP contribution in [0.4, 0.5) is 5.69 Å². The maximum atomic E-state index is 12.9. The van der Waals surface area contributed by atoms with Crippen molar-refractivity contribution >= 4 is 17.4 Å². The second-order valence-electron chi connectivity index (χ2n) is 10.7. The Balaban J connectivity index is 1.25. The first-order valence-electron chi connectivity index (χ1n) is 12.5. The number of nitrogens with zero attached hydrogens (tertiary/aromatic N) is 2. The summed E-state index contributed by atoms with van der Waals surface area (Å²) in [6, 6.07) is 7.80. The molecule has 0 radical (unpaired) electrons. The van der Waals surface area contributed by atoms with E-state index in [0.29, 0.717) is 12.5 Å². The number of fused-ring (bicyclic) bond motifs is 2. The molecule has 1 aromatic carbocycles. The predicted molar refractivity (Wildman–Crippen MR) is 127 cm³/mol. The van der Waals surface area contributed by atoms with Crippen LogP contribution in [0.2, 0.25) is 0 Å². The van der Waals surface area contributed by atoms with Crippen molar-refractivity contribution in [1.82, 2.24) is 4.90 Å². The number of rotatable bonds is 4. The molecule has 0 bridgehead atoms. The van der Waals surface area contributed by atoms with E-state index in [1.54, 1.807) is 6.92 Å². The fourth-order valence-electron chi connectivity index (χ4n) is 6.65. The zero-order valence-corrected chi connectivity index (χ0v) is 20.0. The Kier molecular flexibility index (Phi) is 5.86. The molecule has 6 heteroatoms. The summed E-state index contributed by atoms with van der Waals surface area (Å²) in [7, 11) is 0. The Labute approximate surface area is 196 Å². The molecule has 6 unspecified atom stereocenters. The van der Waals surface area contributed by atoms with Gasteiger partial charge in [0.25, 0.3) is 0 Å². The number of allylic oxidation sites excluding steroid dienone is 1. The number of anilines is 1. The van der Waals surface area contributed by atoms with Crippen molar-refractivity contribution in [2.24, 2.45) is 23.2 Å². The molecule has 2 heterocycles. The highest BCUT2D eigenvalue weighted by Crippen LogP contribution is 2.56. The maximum absolute atomic E-state index is 12.9. The summed E-state index contributed by atoms with van der Waals surface area (Å²) < 4.78 is 5.84. The van der Waals surface area contributed by atoms with Gasteiger partial charge in [-0.25, -0.2) is 0 Å². The van der Waals surface area contributed by atoms with Gasteiger partial charge in [0.15, 0.2) is 5.78 Å². The first-order valence-corrected chi connectivity index (χ1v) is 12.5. The number of esters is 1. The van der Waals surface area contributed by atoms with E-state index < -0.39 is 6.10 Å². The van der Waals surface area contributed by atoms with Gasteiger partial charge in [0.1, 0.15) is 6.10 Å². The number of aliphatic hydroxyl groups is 1. The van der Waals surface area contributed by atoms with Crippen molar-refractivity contribution in [3.8, 4) is 0 Å². The number of carbonyl (C=O) groups is 2. The van der Waals surface area contributed by atoms with E-state index in [0.717, 1.165) is 56.7 Å². The van der Waals surface area contributed by atoms with E-state index >= 15 is 0 Å². The van der Waals surface area contributed by atoms with E-state index in [1.165, 1.54) is 5.57 Å². The Bertz CT molecular complexity index is 949. The number of ether oxygens (including phenoxy) is 1. The van der Waals surface area contributed by atoms with Gasteiger partial charge in [-0.3, -0.25) is 14.5 Å². The minimum Gasteiger partial charge on any atom is -0.461 e. The third kappa shape index (κ3) is 3.81. The van der Waals surface area contributed by atoms with Crippen LogP contribution in [-0.2, 0) is 9.53 Å². The van der Waals surface area contributed by atoms with Crippen molar-refractivity contribution in [3.63, 3.8) is 0 Å². The van der Waals surface area contributed by atoms with Crippen LogP contribution in [0.1, 0.15) is 50.4 Å². The van der Waals surface area contributed by atoms with Gasteiger partial charge < -0.3 is 14.7 Å². The SMILES string of the molecule is CC(=O)c1ccc(N2CCN(CC3C(=O)OC4CC5=CCCC(C)C5(C)C(O)C43)CC2)cc1. The van der Waals surface area contributed by atoms with E-state index in [4.69, 9.17) is 4.74 Å². The van der Waals surface area contributed by atoms with E-state index in [9.17, 15) is 14.7 Å². The van der Waals surface area contributed by atoms with Gasteiger partial charge in [-0.1, -0.05) is 25.5 Å². The molecule has 3 fully saturated rings. The summed E-state index contributed by atoms with van der Waals surface area (Å²) >= 11 is 0. The minimum atomic E-state index is -0.546. The molecular weight excluding hydrogens is 416 g/mol. The van der Waals surface area contributed by atoms with E-state index in [2.05, 4.69) is 29.7 Å². The molecule has 2 saturated heterocycles. The molecular formula is C27H36N2O4. The lowest BCUT2D eigenvalue weighted by molar-refractivity contribution is -0.145. The van der Waals surface area contributed by atoms with Crippen molar-refractivity contribution in [1.29, 1.82) is 0 Å². The molecule has 2 aliphatic heterocycles. The quantitative estimate of drug-likeness (QED) is 0.430. The summed E-state index contributed by atoms with van der Waals surface area (Å²) in [5, 5.41) is 11.6. The first kappa shape index (κ1) is 22.6. The Morgan fingerprint density at radius 2 is 1.88 bits per heavy atom. The Morgan fingerprint density at radius 3 is 2.55 bits per heavy atom. The second-order valence-corrected chi connectivity index (χ2v) is 10.7. The van der Waals surface area contributed by atoms with Crippen LogP contribution in [-0.4, -0.2) is 66.7 Å². The number of hydrogen-bond acceptors (Lipinski definition) is 6. The number of benzene rings is 1. The highest BCUT2D eigenvalue weighted by atomic mass is 16.6. The van der Waals surface area contributed by atoms with Crippen LogP contribution in [0.25, 0.3) is 0 Å². The smallest absolute Gasteiger partial charge is 0.311 e. The standard InChI is InChI=1S/C27H36N2O4/c1-17-5-4-6-20-15-23-24(25(31)27(17,20)3)22(26(32)33-23)16-28-11-13-29(14-12-28)21-9-7-19(8-10-21)18(2)30/h6-10,17,22-25,31H,4-5,11-16H2,1-3H3. The fourth-order valence-corrected chi connectivity index (χ4v) is 6.65. The average Bonchev–Trinajstić information content (AvgIpc) is 3.11. The zero-order chi connectivity index (χ0) is 23.3.